The molecule has 0 saturated heterocycles. The highest BCUT2D eigenvalue weighted by atomic mass is 127. The van der Waals surface area contributed by atoms with Gasteiger partial charge in [-0.1, -0.05) is 5.16 Å². The first kappa shape index (κ1) is 15.2. The van der Waals surface area contributed by atoms with Crippen LogP contribution in [-0.4, -0.2) is 49.1 Å². The zero-order valence-electron chi connectivity index (χ0n) is 10.4. The molecule has 0 unspecified atom stereocenters. The summed E-state index contributed by atoms with van der Waals surface area (Å²) >= 11 is 0. The van der Waals surface area contributed by atoms with Crippen LogP contribution >= 0.6 is 24.0 Å². The third-order valence-electron chi connectivity index (χ3n) is 1.86. The molecule has 0 atom stereocenters. The molecule has 16 heavy (non-hydrogen) atoms. The predicted molar refractivity (Wildman–Crippen MR) is 75.2 cm³/mol. The molecule has 0 aliphatic rings. The van der Waals surface area contributed by atoms with Crippen molar-refractivity contribution in [3.05, 3.63) is 17.5 Å². The van der Waals surface area contributed by atoms with Crippen LogP contribution in [0, 0.1) is 6.92 Å². The van der Waals surface area contributed by atoms with Crippen molar-refractivity contribution in [2.45, 2.75) is 13.5 Å². The molecule has 0 bridgehead atoms. The molecule has 5 nitrogen and oxygen atoms in total. The highest BCUT2D eigenvalue weighted by molar-refractivity contribution is 14.0. The van der Waals surface area contributed by atoms with Crippen molar-refractivity contribution in [1.82, 2.24) is 15.0 Å². The van der Waals surface area contributed by atoms with Crippen LogP contribution in [0.5, 0.6) is 0 Å². The maximum Gasteiger partial charge on any atom is 0.195 e. The molecule has 0 aliphatic carbocycles. The molecule has 1 aromatic rings. The summed E-state index contributed by atoms with van der Waals surface area (Å²) in [5.41, 5.74) is 0.855. The number of aromatic nitrogens is 1. The quantitative estimate of drug-likeness (QED) is 0.467. The van der Waals surface area contributed by atoms with Crippen LogP contribution in [0.25, 0.3) is 0 Å². The van der Waals surface area contributed by atoms with Gasteiger partial charge in [-0.15, -0.1) is 24.0 Å². The molecule has 0 amide bonds. The van der Waals surface area contributed by atoms with E-state index in [9.17, 15) is 0 Å². The number of hydrogen-bond donors (Lipinski definition) is 0. The number of guanidine groups is 1. The van der Waals surface area contributed by atoms with Gasteiger partial charge in [0.15, 0.2) is 5.96 Å². The molecule has 0 saturated carbocycles. The van der Waals surface area contributed by atoms with E-state index in [0.29, 0.717) is 6.54 Å². The van der Waals surface area contributed by atoms with Crippen molar-refractivity contribution >= 4 is 29.9 Å². The Hall–Kier alpha value is -0.790. The van der Waals surface area contributed by atoms with E-state index in [0.717, 1.165) is 17.4 Å². The Morgan fingerprint density at radius 2 is 1.88 bits per heavy atom. The molecule has 92 valence electrons. The van der Waals surface area contributed by atoms with E-state index >= 15 is 0 Å². The van der Waals surface area contributed by atoms with Crippen LogP contribution < -0.4 is 0 Å². The lowest BCUT2D eigenvalue weighted by atomic mass is 10.4. The van der Waals surface area contributed by atoms with Crippen LogP contribution in [0.1, 0.15) is 11.5 Å². The zero-order chi connectivity index (χ0) is 11.4. The number of hydrogen-bond acceptors (Lipinski definition) is 3. The number of aryl methyl sites for hydroxylation is 1. The van der Waals surface area contributed by atoms with Gasteiger partial charge in [0.25, 0.3) is 0 Å². The Morgan fingerprint density at radius 3 is 2.25 bits per heavy atom. The van der Waals surface area contributed by atoms with Gasteiger partial charge in [-0.2, -0.15) is 0 Å². The molecular weight excluding hydrogens is 319 g/mol. The normalized spacial score (nSPS) is 9.31. The smallest absolute Gasteiger partial charge is 0.195 e. The Labute approximate surface area is 114 Å². The van der Waals surface area contributed by atoms with E-state index in [-0.39, 0.29) is 24.0 Å². The summed E-state index contributed by atoms with van der Waals surface area (Å²) < 4.78 is 4.97. The fourth-order valence-electron chi connectivity index (χ4n) is 1.33. The summed E-state index contributed by atoms with van der Waals surface area (Å²) in [6, 6.07) is 1.90. The van der Waals surface area contributed by atoms with Gasteiger partial charge in [0.2, 0.25) is 0 Å². The first-order valence-electron chi connectivity index (χ1n) is 4.82. The SMILES string of the molecule is Cc1cc(CN=C(N(C)C)N(C)C)no1.I. The number of aliphatic imine (C=N–C) groups is 1. The molecule has 1 aromatic heterocycles. The zero-order valence-corrected chi connectivity index (χ0v) is 12.7. The third-order valence-corrected chi connectivity index (χ3v) is 1.86. The van der Waals surface area contributed by atoms with Gasteiger partial charge in [-0.3, -0.25) is 0 Å². The Bertz CT molecular complexity index is 336. The summed E-state index contributed by atoms with van der Waals surface area (Å²) in [5, 5.41) is 3.89. The molecule has 6 heteroatoms. The third kappa shape index (κ3) is 4.38. The first-order chi connectivity index (χ1) is 7.00. The Kier molecular flexibility index (Phi) is 6.39. The summed E-state index contributed by atoms with van der Waals surface area (Å²) in [4.78, 5) is 8.38. The minimum Gasteiger partial charge on any atom is -0.361 e. The minimum absolute atomic E-state index is 0. The fourth-order valence-corrected chi connectivity index (χ4v) is 1.33. The van der Waals surface area contributed by atoms with Gasteiger partial charge in [-0.25, -0.2) is 4.99 Å². The lowest BCUT2D eigenvalue weighted by molar-refractivity contribution is 0.390. The van der Waals surface area contributed by atoms with Gasteiger partial charge < -0.3 is 14.3 Å². The van der Waals surface area contributed by atoms with Crippen molar-refractivity contribution in [3.8, 4) is 0 Å². The number of rotatable bonds is 2. The fraction of sp³-hybridized carbons (Fsp3) is 0.600. The average Bonchev–Trinajstić information content (AvgIpc) is 2.50. The topological polar surface area (TPSA) is 44.9 Å². The molecule has 0 fully saturated rings. The average molecular weight is 338 g/mol. The summed E-state index contributed by atoms with van der Waals surface area (Å²) in [6.45, 7) is 2.42. The van der Waals surface area contributed by atoms with Gasteiger partial charge in [0.1, 0.15) is 11.5 Å². The second kappa shape index (κ2) is 6.72. The van der Waals surface area contributed by atoms with E-state index in [1.165, 1.54) is 0 Å². The highest BCUT2D eigenvalue weighted by Gasteiger charge is 2.05. The second-order valence-corrected chi connectivity index (χ2v) is 3.83. The lowest BCUT2D eigenvalue weighted by Crippen LogP contribution is -2.35. The van der Waals surface area contributed by atoms with Gasteiger partial charge in [0.05, 0.1) is 6.54 Å². The summed E-state index contributed by atoms with van der Waals surface area (Å²) in [6.07, 6.45) is 0. The molecule has 0 radical (unpaired) electrons. The van der Waals surface area contributed by atoms with Crippen molar-refractivity contribution in [1.29, 1.82) is 0 Å². The highest BCUT2D eigenvalue weighted by Crippen LogP contribution is 2.03. The van der Waals surface area contributed by atoms with Gasteiger partial charge in [0, 0.05) is 34.3 Å². The molecular formula is C10H19IN4O. The van der Waals surface area contributed by atoms with Crippen molar-refractivity contribution in [2.75, 3.05) is 28.2 Å². The summed E-state index contributed by atoms with van der Waals surface area (Å²) in [5.74, 6) is 1.73. The van der Waals surface area contributed by atoms with Gasteiger partial charge in [-0.05, 0) is 6.92 Å². The number of nitrogens with zero attached hydrogens (tertiary/aromatic N) is 4. The maximum absolute atomic E-state index is 4.97. The molecule has 1 rings (SSSR count). The maximum atomic E-state index is 4.97. The van der Waals surface area contributed by atoms with Crippen LogP contribution in [0.4, 0.5) is 0 Å². The van der Waals surface area contributed by atoms with Crippen molar-refractivity contribution in [3.63, 3.8) is 0 Å². The van der Waals surface area contributed by atoms with Crippen molar-refractivity contribution in [2.24, 2.45) is 4.99 Å². The van der Waals surface area contributed by atoms with E-state index < -0.39 is 0 Å². The second-order valence-electron chi connectivity index (χ2n) is 3.83. The minimum atomic E-state index is 0. The van der Waals surface area contributed by atoms with E-state index in [4.69, 9.17) is 4.52 Å². The van der Waals surface area contributed by atoms with E-state index in [1.54, 1.807) is 0 Å². The number of halogens is 1. The van der Waals surface area contributed by atoms with E-state index in [1.807, 2.05) is 51.0 Å². The predicted octanol–water partition coefficient (Wildman–Crippen LogP) is 1.58. The van der Waals surface area contributed by atoms with Crippen LogP contribution in [-0.2, 0) is 6.54 Å². The molecule has 0 spiro atoms. The largest absolute Gasteiger partial charge is 0.361 e. The molecule has 0 N–H and O–H groups in total. The van der Waals surface area contributed by atoms with Crippen LogP contribution in [0.2, 0.25) is 0 Å². The molecule has 0 aromatic carbocycles. The van der Waals surface area contributed by atoms with Crippen LogP contribution in [0.15, 0.2) is 15.6 Å². The van der Waals surface area contributed by atoms with Crippen molar-refractivity contribution < 1.29 is 4.52 Å². The van der Waals surface area contributed by atoms with Gasteiger partial charge >= 0.3 is 0 Å². The standard InChI is InChI=1S/C10H18N4O.HI/c1-8-6-9(12-15-8)7-11-10(13(2)3)14(4)5;/h6H,7H2,1-5H3;1H. The Morgan fingerprint density at radius 1 is 1.31 bits per heavy atom. The van der Waals surface area contributed by atoms with E-state index in [2.05, 4.69) is 10.1 Å². The molecule has 0 aliphatic heterocycles. The Balaban J connectivity index is 0.00000225. The lowest BCUT2D eigenvalue weighted by Gasteiger charge is -2.22. The first-order valence-corrected chi connectivity index (χ1v) is 4.82. The van der Waals surface area contributed by atoms with Crippen LogP contribution in [0.3, 0.4) is 0 Å². The monoisotopic (exact) mass is 338 g/mol. The summed E-state index contributed by atoms with van der Waals surface area (Å²) in [7, 11) is 7.86. The molecule has 1 heterocycles.